The van der Waals surface area contributed by atoms with Crippen LogP contribution in [0.5, 0.6) is 0 Å². The van der Waals surface area contributed by atoms with Crippen LogP contribution in [0.4, 0.5) is 0 Å². The van der Waals surface area contributed by atoms with E-state index in [9.17, 15) is 13.2 Å². The number of hydrogen-bond acceptors (Lipinski definition) is 3. The zero-order valence-electron chi connectivity index (χ0n) is 15.4. The summed E-state index contributed by atoms with van der Waals surface area (Å²) in [5, 5.41) is 1.74. The lowest BCUT2D eigenvalue weighted by Crippen LogP contribution is -2.41. The Balaban J connectivity index is 1.51. The molecule has 4 rings (SSSR count). The molecule has 0 saturated carbocycles. The maximum absolute atomic E-state index is 12.6. The van der Waals surface area contributed by atoms with Crippen molar-refractivity contribution in [1.82, 2.24) is 10.3 Å². The fourth-order valence-electron chi connectivity index (χ4n) is 3.05. The van der Waals surface area contributed by atoms with Gasteiger partial charge in [0, 0.05) is 5.56 Å². The number of carbonyl (C=O) groups is 1. The van der Waals surface area contributed by atoms with E-state index in [0.717, 1.165) is 21.9 Å². The number of sulfonamides is 1. The second-order valence-electron chi connectivity index (χ2n) is 6.52. The van der Waals surface area contributed by atoms with Gasteiger partial charge in [-0.2, -0.15) is 0 Å². The van der Waals surface area contributed by atoms with Gasteiger partial charge in [0.15, 0.2) is 0 Å². The number of nitrogens with one attached hydrogen (secondary N) is 2. The van der Waals surface area contributed by atoms with Crippen molar-refractivity contribution >= 4 is 26.7 Å². The van der Waals surface area contributed by atoms with Crippen molar-refractivity contribution in [2.45, 2.75) is 4.90 Å². The normalized spacial score (nSPS) is 11.3. The molecule has 0 bridgehead atoms. The topological polar surface area (TPSA) is 75.3 Å². The lowest BCUT2D eigenvalue weighted by atomic mass is 10.0. The summed E-state index contributed by atoms with van der Waals surface area (Å²) in [6.07, 6.45) is 0. The van der Waals surface area contributed by atoms with Crippen LogP contribution >= 0.6 is 0 Å². The summed E-state index contributed by atoms with van der Waals surface area (Å²) in [5.74, 6) is -0.535. The van der Waals surface area contributed by atoms with E-state index < -0.39 is 15.9 Å². The molecule has 4 aromatic carbocycles. The molecule has 144 valence electrons. The molecule has 5 nitrogen and oxygen atoms in total. The molecule has 0 spiro atoms. The van der Waals surface area contributed by atoms with Crippen molar-refractivity contribution in [2.24, 2.45) is 0 Å². The molecule has 0 aliphatic carbocycles. The summed E-state index contributed by atoms with van der Waals surface area (Å²) in [7, 11) is -3.90. The Morgan fingerprint density at radius 3 is 2.14 bits per heavy atom. The first-order valence-electron chi connectivity index (χ1n) is 8.99. The van der Waals surface area contributed by atoms with Crippen molar-refractivity contribution in [3.63, 3.8) is 0 Å². The zero-order chi connectivity index (χ0) is 20.3. The highest BCUT2D eigenvalue weighted by Gasteiger charge is 2.16. The molecule has 0 atom stereocenters. The van der Waals surface area contributed by atoms with Gasteiger partial charge in [-0.3, -0.25) is 10.2 Å². The Morgan fingerprint density at radius 2 is 1.34 bits per heavy atom. The monoisotopic (exact) mass is 402 g/mol. The largest absolute Gasteiger partial charge is 0.273 e. The third-order valence-corrected chi connectivity index (χ3v) is 5.81. The molecule has 0 aliphatic heterocycles. The number of fused-ring (bicyclic) bond motifs is 1. The summed E-state index contributed by atoms with van der Waals surface area (Å²) in [5.41, 5.74) is 4.48. The van der Waals surface area contributed by atoms with Gasteiger partial charge in [0.25, 0.3) is 15.9 Å². The van der Waals surface area contributed by atoms with Gasteiger partial charge in [-0.05, 0) is 46.2 Å². The zero-order valence-corrected chi connectivity index (χ0v) is 16.2. The number of hydrazine groups is 1. The number of benzene rings is 4. The Bertz CT molecular complexity index is 1290. The molecule has 0 aromatic heterocycles. The molecule has 0 aliphatic rings. The fourth-order valence-corrected chi connectivity index (χ4v) is 3.92. The van der Waals surface area contributed by atoms with Crippen LogP contribution in [0, 0.1) is 0 Å². The first-order valence-corrected chi connectivity index (χ1v) is 10.5. The van der Waals surface area contributed by atoms with Crippen molar-refractivity contribution < 1.29 is 13.2 Å². The van der Waals surface area contributed by atoms with Crippen LogP contribution in [0.1, 0.15) is 10.4 Å². The van der Waals surface area contributed by atoms with E-state index in [0.29, 0.717) is 5.56 Å². The van der Waals surface area contributed by atoms with Crippen LogP contribution in [0.3, 0.4) is 0 Å². The molecule has 2 N–H and O–H groups in total. The van der Waals surface area contributed by atoms with Gasteiger partial charge >= 0.3 is 0 Å². The number of amides is 1. The van der Waals surface area contributed by atoms with Crippen LogP contribution in [0.25, 0.3) is 21.9 Å². The Hall–Kier alpha value is -3.48. The van der Waals surface area contributed by atoms with E-state index in [4.69, 9.17) is 0 Å². The lowest BCUT2D eigenvalue weighted by Gasteiger charge is -2.10. The van der Waals surface area contributed by atoms with Gasteiger partial charge in [0.2, 0.25) is 0 Å². The van der Waals surface area contributed by atoms with Gasteiger partial charge in [-0.1, -0.05) is 72.8 Å². The molecule has 0 radical (unpaired) electrons. The predicted molar refractivity (Wildman–Crippen MR) is 114 cm³/mol. The Morgan fingerprint density at radius 1 is 0.655 bits per heavy atom. The summed E-state index contributed by atoms with van der Waals surface area (Å²) in [6.45, 7) is 0. The third-order valence-electron chi connectivity index (χ3n) is 4.56. The molecule has 0 unspecified atom stereocenters. The molecule has 1 amide bonds. The van der Waals surface area contributed by atoms with Crippen molar-refractivity contribution in [2.75, 3.05) is 0 Å². The maximum Gasteiger partial charge on any atom is 0.266 e. The molecule has 4 aromatic rings. The van der Waals surface area contributed by atoms with Crippen LogP contribution in [-0.4, -0.2) is 14.3 Å². The highest BCUT2D eigenvalue weighted by molar-refractivity contribution is 7.89. The minimum absolute atomic E-state index is 0.0783. The van der Waals surface area contributed by atoms with E-state index in [2.05, 4.69) is 10.3 Å². The second kappa shape index (κ2) is 7.87. The van der Waals surface area contributed by atoms with E-state index >= 15 is 0 Å². The Kier molecular flexibility index (Phi) is 5.12. The van der Waals surface area contributed by atoms with Gasteiger partial charge in [-0.25, -0.2) is 8.42 Å². The van der Waals surface area contributed by atoms with E-state index in [1.807, 2.05) is 60.7 Å². The van der Waals surface area contributed by atoms with Crippen molar-refractivity contribution in [3.8, 4) is 11.1 Å². The highest BCUT2D eigenvalue weighted by Crippen LogP contribution is 2.20. The SMILES string of the molecule is O=C(NNS(=O)(=O)c1ccc2ccccc2c1)c1cccc(-c2ccccc2)c1. The standard InChI is InChI=1S/C23H18N2O3S/c26-23(21-12-6-11-19(15-21)17-7-2-1-3-8-17)24-25-29(27,28)22-14-13-18-9-4-5-10-20(18)16-22/h1-16,25H,(H,24,26). The molecule has 6 heteroatoms. The van der Waals surface area contributed by atoms with Gasteiger partial charge in [0.05, 0.1) is 4.90 Å². The summed E-state index contributed by atoms with van der Waals surface area (Å²) >= 11 is 0. The lowest BCUT2D eigenvalue weighted by molar-refractivity contribution is 0.0945. The van der Waals surface area contributed by atoms with Crippen LogP contribution in [0.2, 0.25) is 0 Å². The van der Waals surface area contributed by atoms with E-state index in [-0.39, 0.29) is 4.90 Å². The number of rotatable bonds is 5. The minimum Gasteiger partial charge on any atom is -0.273 e. The average molecular weight is 402 g/mol. The van der Waals surface area contributed by atoms with Crippen molar-refractivity contribution in [1.29, 1.82) is 0 Å². The van der Waals surface area contributed by atoms with Gasteiger partial charge < -0.3 is 0 Å². The highest BCUT2D eigenvalue weighted by atomic mass is 32.2. The summed E-state index contributed by atoms with van der Waals surface area (Å²) < 4.78 is 25.1. The first kappa shape index (κ1) is 18.9. The number of hydrogen-bond donors (Lipinski definition) is 2. The smallest absolute Gasteiger partial charge is 0.266 e. The quantitative estimate of drug-likeness (QED) is 0.493. The van der Waals surface area contributed by atoms with Crippen LogP contribution in [-0.2, 0) is 10.0 Å². The average Bonchev–Trinajstić information content (AvgIpc) is 2.78. The molecular formula is C23H18N2O3S. The van der Waals surface area contributed by atoms with Gasteiger partial charge in [0.1, 0.15) is 0 Å². The second-order valence-corrected chi connectivity index (χ2v) is 8.20. The third kappa shape index (κ3) is 4.18. The fraction of sp³-hybridized carbons (Fsp3) is 0. The molecule has 29 heavy (non-hydrogen) atoms. The molecule has 0 saturated heterocycles. The minimum atomic E-state index is -3.90. The summed E-state index contributed by atoms with van der Waals surface area (Å²) in [4.78, 5) is 14.7. The van der Waals surface area contributed by atoms with Crippen LogP contribution in [0.15, 0.2) is 102 Å². The Labute approximate surface area is 169 Å². The van der Waals surface area contributed by atoms with E-state index in [1.54, 1.807) is 30.3 Å². The number of carbonyl (C=O) groups excluding carboxylic acids is 1. The predicted octanol–water partition coefficient (Wildman–Crippen LogP) is 4.13. The summed E-state index contributed by atoms with van der Waals surface area (Å²) in [6, 6.07) is 28.9. The van der Waals surface area contributed by atoms with Crippen LogP contribution < -0.4 is 10.3 Å². The molecule has 0 fully saturated rings. The van der Waals surface area contributed by atoms with E-state index in [1.165, 1.54) is 6.07 Å². The van der Waals surface area contributed by atoms with Gasteiger partial charge in [-0.15, -0.1) is 4.83 Å². The maximum atomic E-state index is 12.6. The molecular weight excluding hydrogens is 384 g/mol. The van der Waals surface area contributed by atoms with Crippen molar-refractivity contribution in [3.05, 3.63) is 103 Å². The molecule has 0 heterocycles. The first-order chi connectivity index (χ1) is 14.0.